The van der Waals surface area contributed by atoms with E-state index in [1.54, 1.807) is 0 Å². The maximum Gasteiger partial charge on any atom is 0.0700 e. The molecule has 1 atom stereocenters. The standard InChI is InChI=1S/C13H17ClN2/c1-3-4-5-10(2)16-13-8-12(14)7-6-11(13)9-15-16/h6-10H,3-5H2,1-2H3. The second kappa shape index (κ2) is 4.88. The van der Waals surface area contributed by atoms with Crippen LogP contribution >= 0.6 is 11.6 Å². The lowest BCUT2D eigenvalue weighted by molar-refractivity contribution is 0.456. The molecule has 2 nitrogen and oxygen atoms in total. The Morgan fingerprint density at radius 2 is 2.25 bits per heavy atom. The van der Waals surface area contributed by atoms with Crippen molar-refractivity contribution in [1.82, 2.24) is 9.78 Å². The highest BCUT2D eigenvalue weighted by Gasteiger charge is 2.09. The number of unbranched alkanes of at least 4 members (excludes halogenated alkanes) is 1. The first-order chi connectivity index (χ1) is 7.72. The molecule has 0 saturated carbocycles. The molecule has 0 radical (unpaired) electrons. The van der Waals surface area contributed by atoms with Gasteiger partial charge >= 0.3 is 0 Å². The molecule has 0 bridgehead atoms. The van der Waals surface area contributed by atoms with Crippen molar-refractivity contribution in [2.75, 3.05) is 0 Å². The molecular weight excluding hydrogens is 220 g/mol. The van der Waals surface area contributed by atoms with E-state index < -0.39 is 0 Å². The van der Waals surface area contributed by atoms with Gasteiger partial charge < -0.3 is 0 Å². The van der Waals surface area contributed by atoms with E-state index in [4.69, 9.17) is 11.6 Å². The van der Waals surface area contributed by atoms with E-state index in [1.165, 1.54) is 19.3 Å². The van der Waals surface area contributed by atoms with Gasteiger partial charge in [-0.3, -0.25) is 4.68 Å². The highest BCUT2D eigenvalue weighted by Crippen LogP contribution is 2.23. The fourth-order valence-corrected chi connectivity index (χ4v) is 2.15. The number of hydrogen-bond donors (Lipinski definition) is 0. The Kier molecular flexibility index (Phi) is 3.49. The maximum atomic E-state index is 6.02. The zero-order chi connectivity index (χ0) is 11.5. The lowest BCUT2D eigenvalue weighted by Crippen LogP contribution is -2.06. The summed E-state index contributed by atoms with van der Waals surface area (Å²) < 4.78 is 2.08. The molecule has 1 heterocycles. The Bertz CT molecular complexity index is 476. The molecule has 86 valence electrons. The number of benzene rings is 1. The lowest BCUT2D eigenvalue weighted by Gasteiger charge is -2.12. The molecule has 0 saturated heterocycles. The molecule has 0 spiro atoms. The SMILES string of the molecule is CCCCC(C)n1ncc2ccc(Cl)cc21. The quantitative estimate of drug-likeness (QED) is 0.767. The summed E-state index contributed by atoms with van der Waals surface area (Å²) in [4.78, 5) is 0. The van der Waals surface area contributed by atoms with Crippen molar-refractivity contribution in [3.8, 4) is 0 Å². The fraction of sp³-hybridized carbons (Fsp3) is 0.462. The van der Waals surface area contributed by atoms with Crippen molar-refractivity contribution in [2.24, 2.45) is 0 Å². The van der Waals surface area contributed by atoms with Crippen LogP contribution in [0.15, 0.2) is 24.4 Å². The van der Waals surface area contributed by atoms with Crippen LogP contribution in [0.25, 0.3) is 10.9 Å². The molecule has 16 heavy (non-hydrogen) atoms. The average molecular weight is 237 g/mol. The third kappa shape index (κ3) is 2.22. The number of nitrogens with zero attached hydrogens (tertiary/aromatic N) is 2. The predicted octanol–water partition coefficient (Wildman–Crippen LogP) is 4.44. The van der Waals surface area contributed by atoms with Gasteiger partial charge in [0.2, 0.25) is 0 Å². The summed E-state index contributed by atoms with van der Waals surface area (Å²) >= 11 is 6.02. The number of hydrogen-bond acceptors (Lipinski definition) is 1. The third-order valence-corrected chi connectivity index (χ3v) is 3.19. The van der Waals surface area contributed by atoms with Gasteiger partial charge in [-0.15, -0.1) is 0 Å². The van der Waals surface area contributed by atoms with E-state index in [9.17, 15) is 0 Å². The van der Waals surface area contributed by atoms with Crippen LogP contribution in [-0.2, 0) is 0 Å². The summed E-state index contributed by atoms with van der Waals surface area (Å²) in [6.07, 6.45) is 5.54. The Labute approximate surface area is 101 Å². The lowest BCUT2D eigenvalue weighted by atomic mass is 10.1. The minimum absolute atomic E-state index is 0.441. The smallest absolute Gasteiger partial charge is 0.0700 e. The van der Waals surface area contributed by atoms with Gasteiger partial charge in [0, 0.05) is 16.5 Å². The Hall–Kier alpha value is -1.02. The van der Waals surface area contributed by atoms with E-state index in [-0.39, 0.29) is 0 Å². The van der Waals surface area contributed by atoms with Crippen LogP contribution in [0.3, 0.4) is 0 Å². The van der Waals surface area contributed by atoms with Gasteiger partial charge in [0.15, 0.2) is 0 Å². The molecule has 1 unspecified atom stereocenters. The molecular formula is C13H17ClN2. The first-order valence-corrected chi connectivity index (χ1v) is 6.23. The summed E-state index contributed by atoms with van der Waals surface area (Å²) in [7, 11) is 0. The van der Waals surface area contributed by atoms with Crippen LogP contribution in [0.2, 0.25) is 5.02 Å². The van der Waals surface area contributed by atoms with Gasteiger partial charge in [-0.25, -0.2) is 0 Å². The Morgan fingerprint density at radius 1 is 1.44 bits per heavy atom. The topological polar surface area (TPSA) is 17.8 Å². The van der Waals surface area contributed by atoms with E-state index >= 15 is 0 Å². The molecule has 0 N–H and O–H groups in total. The zero-order valence-corrected chi connectivity index (χ0v) is 10.5. The van der Waals surface area contributed by atoms with Gasteiger partial charge in [0.05, 0.1) is 11.7 Å². The van der Waals surface area contributed by atoms with Crippen molar-refractivity contribution in [3.63, 3.8) is 0 Å². The first-order valence-electron chi connectivity index (χ1n) is 5.85. The van der Waals surface area contributed by atoms with Gasteiger partial charge in [-0.1, -0.05) is 31.4 Å². The van der Waals surface area contributed by atoms with E-state index in [0.29, 0.717) is 6.04 Å². The molecule has 3 heteroatoms. The fourth-order valence-electron chi connectivity index (χ4n) is 1.98. The van der Waals surface area contributed by atoms with Crippen LogP contribution in [0.1, 0.15) is 39.2 Å². The van der Waals surface area contributed by atoms with Crippen molar-refractivity contribution >= 4 is 22.5 Å². The Morgan fingerprint density at radius 3 is 3.00 bits per heavy atom. The first kappa shape index (κ1) is 11.5. The van der Waals surface area contributed by atoms with Crippen LogP contribution in [-0.4, -0.2) is 9.78 Å². The minimum Gasteiger partial charge on any atom is -0.262 e. The van der Waals surface area contributed by atoms with Crippen LogP contribution < -0.4 is 0 Å². The average Bonchev–Trinajstić information content (AvgIpc) is 2.68. The molecule has 1 aromatic heterocycles. The zero-order valence-electron chi connectivity index (χ0n) is 9.78. The van der Waals surface area contributed by atoms with E-state index in [0.717, 1.165) is 15.9 Å². The normalized spacial score (nSPS) is 13.2. The summed E-state index contributed by atoms with van der Waals surface area (Å²) in [6.45, 7) is 4.42. The van der Waals surface area contributed by atoms with Crippen molar-refractivity contribution in [3.05, 3.63) is 29.4 Å². The highest BCUT2D eigenvalue weighted by atomic mass is 35.5. The van der Waals surface area contributed by atoms with Crippen LogP contribution in [0, 0.1) is 0 Å². The van der Waals surface area contributed by atoms with Crippen molar-refractivity contribution < 1.29 is 0 Å². The van der Waals surface area contributed by atoms with E-state index in [2.05, 4.69) is 23.6 Å². The summed E-state index contributed by atoms with van der Waals surface area (Å²) in [5.74, 6) is 0. The molecule has 1 aromatic carbocycles. The minimum atomic E-state index is 0.441. The number of aromatic nitrogens is 2. The van der Waals surface area contributed by atoms with Gasteiger partial charge in [-0.2, -0.15) is 5.10 Å². The van der Waals surface area contributed by atoms with Crippen LogP contribution in [0.4, 0.5) is 0 Å². The largest absolute Gasteiger partial charge is 0.262 e. The second-order valence-corrected chi connectivity index (χ2v) is 4.72. The monoisotopic (exact) mass is 236 g/mol. The van der Waals surface area contributed by atoms with Gasteiger partial charge in [-0.05, 0) is 31.5 Å². The summed E-state index contributed by atoms with van der Waals surface area (Å²) in [5.41, 5.74) is 1.14. The van der Waals surface area contributed by atoms with Crippen molar-refractivity contribution in [1.29, 1.82) is 0 Å². The van der Waals surface area contributed by atoms with E-state index in [1.807, 2.05) is 24.4 Å². The molecule has 0 fully saturated rings. The van der Waals surface area contributed by atoms with Gasteiger partial charge in [0.1, 0.15) is 0 Å². The third-order valence-electron chi connectivity index (χ3n) is 2.95. The number of rotatable bonds is 4. The van der Waals surface area contributed by atoms with Gasteiger partial charge in [0.25, 0.3) is 0 Å². The molecule has 2 rings (SSSR count). The second-order valence-electron chi connectivity index (χ2n) is 4.28. The number of fused-ring (bicyclic) bond motifs is 1. The summed E-state index contributed by atoms with van der Waals surface area (Å²) in [5, 5.41) is 6.38. The highest BCUT2D eigenvalue weighted by molar-refractivity contribution is 6.31. The molecule has 0 aliphatic heterocycles. The Balaban J connectivity index is 2.33. The van der Waals surface area contributed by atoms with Crippen LogP contribution in [0.5, 0.6) is 0 Å². The number of halogens is 1. The molecule has 2 aromatic rings. The molecule has 0 amide bonds. The van der Waals surface area contributed by atoms with Crippen molar-refractivity contribution in [2.45, 2.75) is 39.2 Å². The summed E-state index contributed by atoms with van der Waals surface area (Å²) in [6, 6.07) is 6.36. The molecule has 0 aliphatic rings. The molecule has 0 aliphatic carbocycles. The maximum absolute atomic E-state index is 6.02. The predicted molar refractivity (Wildman–Crippen MR) is 69.0 cm³/mol.